The number of aliphatic hydroxyl groups excluding tert-OH is 2. The average Bonchev–Trinajstić information content (AvgIpc) is 2.29. The van der Waals surface area contributed by atoms with Gasteiger partial charge in [0.05, 0.1) is 19.3 Å². The third kappa shape index (κ3) is 3.77. The van der Waals surface area contributed by atoms with Gasteiger partial charge in [0.25, 0.3) is 0 Å². The van der Waals surface area contributed by atoms with E-state index in [1.807, 2.05) is 0 Å². The van der Waals surface area contributed by atoms with E-state index in [1.54, 1.807) is 0 Å². The molecular formula is C10H20N2O3. The zero-order chi connectivity index (χ0) is 11.1. The lowest BCUT2D eigenvalue weighted by Gasteiger charge is -2.29. The summed E-state index contributed by atoms with van der Waals surface area (Å²) in [7, 11) is 0. The van der Waals surface area contributed by atoms with Crippen LogP contribution < -0.4 is 5.32 Å². The van der Waals surface area contributed by atoms with Crippen molar-refractivity contribution in [1.82, 2.24) is 10.2 Å². The minimum Gasteiger partial charge on any atom is -0.395 e. The van der Waals surface area contributed by atoms with Crippen molar-refractivity contribution in [1.29, 1.82) is 0 Å². The Morgan fingerprint density at radius 2 is 1.93 bits per heavy atom. The zero-order valence-electron chi connectivity index (χ0n) is 8.98. The molecule has 0 aromatic rings. The Labute approximate surface area is 90.1 Å². The molecule has 0 radical (unpaired) electrons. The van der Waals surface area contributed by atoms with Crippen LogP contribution in [0.5, 0.6) is 0 Å². The maximum atomic E-state index is 11.9. The van der Waals surface area contributed by atoms with Crippen molar-refractivity contribution >= 4 is 5.91 Å². The number of nitrogens with zero attached hydrogens (tertiary/aromatic N) is 1. The summed E-state index contributed by atoms with van der Waals surface area (Å²) in [6.07, 6.45) is 3.03. The van der Waals surface area contributed by atoms with E-state index in [-0.39, 0.29) is 25.2 Å². The summed E-state index contributed by atoms with van der Waals surface area (Å²) >= 11 is 0. The smallest absolute Gasteiger partial charge is 0.239 e. The third-order valence-electron chi connectivity index (χ3n) is 2.66. The van der Waals surface area contributed by atoms with Gasteiger partial charge in [0.1, 0.15) is 0 Å². The SMILES string of the molecule is O=C([C@@H]1CCCCN1)N(CCO)CCO. The Balaban J connectivity index is 2.45. The van der Waals surface area contributed by atoms with Crippen LogP contribution in [0.15, 0.2) is 0 Å². The van der Waals surface area contributed by atoms with Crippen molar-refractivity contribution in [2.75, 3.05) is 32.8 Å². The number of carbonyl (C=O) groups is 1. The molecule has 1 heterocycles. The Hall–Kier alpha value is -0.650. The van der Waals surface area contributed by atoms with E-state index in [4.69, 9.17) is 10.2 Å². The molecule has 1 atom stereocenters. The standard InChI is InChI=1S/C10H20N2O3/c13-7-5-12(6-8-14)10(15)9-3-1-2-4-11-9/h9,11,13-14H,1-8H2/t9-/m0/s1. The number of hydrogen-bond donors (Lipinski definition) is 3. The molecule has 1 aliphatic heterocycles. The molecule has 0 spiro atoms. The van der Waals surface area contributed by atoms with Crippen molar-refractivity contribution in [2.45, 2.75) is 25.3 Å². The van der Waals surface area contributed by atoms with Gasteiger partial charge in [0.2, 0.25) is 5.91 Å². The fourth-order valence-corrected chi connectivity index (χ4v) is 1.86. The summed E-state index contributed by atoms with van der Waals surface area (Å²) in [5, 5.41) is 20.8. The van der Waals surface area contributed by atoms with E-state index in [0.29, 0.717) is 13.1 Å². The number of aliphatic hydroxyl groups is 2. The summed E-state index contributed by atoms with van der Waals surface area (Å²) in [5.41, 5.74) is 0. The molecule has 5 nitrogen and oxygen atoms in total. The number of amides is 1. The van der Waals surface area contributed by atoms with Crippen LogP contribution in [0, 0.1) is 0 Å². The van der Waals surface area contributed by atoms with Crippen LogP contribution in [0.1, 0.15) is 19.3 Å². The van der Waals surface area contributed by atoms with Crippen LogP contribution >= 0.6 is 0 Å². The maximum absolute atomic E-state index is 11.9. The third-order valence-corrected chi connectivity index (χ3v) is 2.66. The van der Waals surface area contributed by atoms with Gasteiger partial charge in [-0.2, -0.15) is 0 Å². The number of carbonyl (C=O) groups excluding carboxylic acids is 1. The molecular weight excluding hydrogens is 196 g/mol. The van der Waals surface area contributed by atoms with Gasteiger partial charge in [-0.05, 0) is 19.4 Å². The molecule has 0 aliphatic carbocycles. The average molecular weight is 216 g/mol. The number of hydrogen-bond acceptors (Lipinski definition) is 4. The van der Waals surface area contributed by atoms with E-state index in [0.717, 1.165) is 25.8 Å². The van der Waals surface area contributed by atoms with Crippen molar-refractivity contribution in [3.63, 3.8) is 0 Å². The Morgan fingerprint density at radius 1 is 1.27 bits per heavy atom. The monoisotopic (exact) mass is 216 g/mol. The Morgan fingerprint density at radius 3 is 2.40 bits per heavy atom. The Bertz CT molecular complexity index is 187. The first-order chi connectivity index (χ1) is 7.29. The molecule has 0 aromatic heterocycles. The second kappa shape index (κ2) is 6.76. The van der Waals surface area contributed by atoms with Crippen LogP contribution in [0.3, 0.4) is 0 Å². The largest absolute Gasteiger partial charge is 0.395 e. The van der Waals surface area contributed by atoms with E-state index in [2.05, 4.69) is 5.32 Å². The molecule has 3 N–H and O–H groups in total. The lowest BCUT2D eigenvalue weighted by Crippen LogP contribution is -2.50. The Kier molecular flexibility index (Phi) is 5.60. The highest BCUT2D eigenvalue weighted by Crippen LogP contribution is 2.09. The fourth-order valence-electron chi connectivity index (χ4n) is 1.86. The predicted molar refractivity (Wildman–Crippen MR) is 56.4 cm³/mol. The highest BCUT2D eigenvalue weighted by Gasteiger charge is 2.24. The summed E-state index contributed by atoms with van der Waals surface area (Å²) in [6, 6.07) is -0.128. The molecule has 0 aromatic carbocycles. The fraction of sp³-hybridized carbons (Fsp3) is 0.900. The van der Waals surface area contributed by atoms with Gasteiger partial charge in [-0.15, -0.1) is 0 Å². The molecule has 0 bridgehead atoms. The van der Waals surface area contributed by atoms with Gasteiger partial charge in [0, 0.05) is 13.1 Å². The number of rotatable bonds is 5. The maximum Gasteiger partial charge on any atom is 0.239 e. The highest BCUT2D eigenvalue weighted by molar-refractivity contribution is 5.82. The van der Waals surface area contributed by atoms with E-state index >= 15 is 0 Å². The minimum atomic E-state index is -0.128. The van der Waals surface area contributed by atoms with E-state index in [1.165, 1.54) is 4.90 Å². The molecule has 1 saturated heterocycles. The van der Waals surface area contributed by atoms with Crippen LogP contribution in [-0.4, -0.2) is 59.9 Å². The summed E-state index contributed by atoms with van der Waals surface area (Å²) in [4.78, 5) is 13.4. The topological polar surface area (TPSA) is 72.8 Å². The van der Waals surface area contributed by atoms with Crippen molar-refractivity contribution < 1.29 is 15.0 Å². The highest BCUT2D eigenvalue weighted by atomic mass is 16.3. The zero-order valence-corrected chi connectivity index (χ0v) is 8.98. The molecule has 0 unspecified atom stereocenters. The molecule has 5 heteroatoms. The van der Waals surface area contributed by atoms with Gasteiger partial charge < -0.3 is 20.4 Å². The number of piperidine rings is 1. The molecule has 0 saturated carbocycles. The molecule has 15 heavy (non-hydrogen) atoms. The normalized spacial score (nSPS) is 21.3. The first-order valence-electron chi connectivity index (χ1n) is 5.53. The molecule has 1 aliphatic rings. The van der Waals surface area contributed by atoms with E-state index < -0.39 is 0 Å². The lowest BCUT2D eigenvalue weighted by molar-refractivity contribution is -0.135. The van der Waals surface area contributed by atoms with E-state index in [9.17, 15) is 4.79 Å². The van der Waals surface area contributed by atoms with Gasteiger partial charge in [-0.1, -0.05) is 6.42 Å². The summed E-state index contributed by atoms with van der Waals surface area (Å²) in [6.45, 7) is 1.37. The molecule has 88 valence electrons. The van der Waals surface area contributed by atoms with Crippen molar-refractivity contribution in [2.24, 2.45) is 0 Å². The van der Waals surface area contributed by atoms with Crippen molar-refractivity contribution in [3.05, 3.63) is 0 Å². The molecule has 1 rings (SSSR count). The van der Waals surface area contributed by atoms with Gasteiger partial charge in [0.15, 0.2) is 0 Å². The summed E-state index contributed by atoms with van der Waals surface area (Å²) < 4.78 is 0. The second-order valence-electron chi connectivity index (χ2n) is 3.77. The van der Waals surface area contributed by atoms with Crippen LogP contribution in [0.25, 0.3) is 0 Å². The second-order valence-corrected chi connectivity index (χ2v) is 3.77. The van der Waals surface area contributed by atoms with Crippen molar-refractivity contribution in [3.8, 4) is 0 Å². The molecule has 1 fully saturated rings. The van der Waals surface area contributed by atoms with Gasteiger partial charge >= 0.3 is 0 Å². The van der Waals surface area contributed by atoms with Gasteiger partial charge in [-0.3, -0.25) is 4.79 Å². The first-order valence-corrected chi connectivity index (χ1v) is 5.53. The first kappa shape index (κ1) is 12.4. The van der Waals surface area contributed by atoms with Crippen LogP contribution in [0.2, 0.25) is 0 Å². The van der Waals surface area contributed by atoms with Crippen LogP contribution in [0.4, 0.5) is 0 Å². The van der Waals surface area contributed by atoms with Gasteiger partial charge in [-0.25, -0.2) is 0 Å². The van der Waals surface area contributed by atoms with Crippen LogP contribution in [-0.2, 0) is 4.79 Å². The number of nitrogens with one attached hydrogen (secondary N) is 1. The summed E-state index contributed by atoms with van der Waals surface area (Å²) in [5.74, 6) is -0.00204. The quantitative estimate of drug-likeness (QED) is 0.548. The molecule has 1 amide bonds. The lowest BCUT2D eigenvalue weighted by atomic mass is 10.0. The minimum absolute atomic E-state index is 0.00204. The predicted octanol–water partition coefficient (Wildman–Crippen LogP) is -1.06.